The highest BCUT2D eigenvalue weighted by Crippen LogP contribution is 2.25. The van der Waals surface area contributed by atoms with Crippen LogP contribution in [0.2, 0.25) is 0 Å². The largest absolute Gasteiger partial charge is 0.494 e. The number of hydrogen-bond acceptors (Lipinski definition) is 4. The fourth-order valence-electron chi connectivity index (χ4n) is 3.01. The van der Waals surface area contributed by atoms with Gasteiger partial charge in [0.2, 0.25) is 0 Å². The Bertz CT molecular complexity index is 600. The van der Waals surface area contributed by atoms with E-state index in [1.54, 1.807) is 6.92 Å². The van der Waals surface area contributed by atoms with Gasteiger partial charge in [0.05, 0.1) is 13.2 Å². The van der Waals surface area contributed by atoms with Gasteiger partial charge in [0.1, 0.15) is 23.6 Å². The second-order valence-corrected chi connectivity index (χ2v) is 6.99. The molecule has 0 spiro atoms. The minimum Gasteiger partial charge on any atom is -0.494 e. The lowest BCUT2D eigenvalue weighted by molar-refractivity contribution is -0.131. The van der Waals surface area contributed by atoms with Crippen LogP contribution in [0.5, 0.6) is 11.5 Å². The lowest BCUT2D eigenvalue weighted by Gasteiger charge is -2.23. The summed E-state index contributed by atoms with van der Waals surface area (Å²) in [5, 5.41) is 2.80. The molecular formula is C19H28N2O4. The maximum atomic E-state index is 12.5. The summed E-state index contributed by atoms with van der Waals surface area (Å²) in [7, 11) is 0. The van der Waals surface area contributed by atoms with Gasteiger partial charge in [0.25, 0.3) is 5.91 Å². The van der Waals surface area contributed by atoms with Crippen molar-refractivity contribution < 1.29 is 19.1 Å². The topological polar surface area (TPSA) is 67.9 Å². The first-order valence-electron chi connectivity index (χ1n) is 8.85. The van der Waals surface area contributed by atoms with Gasteiger partial charge in [-0.25, -0.2) is 4.79 Å². The maximum absolute atomic E-state index is 12.5. The van der Waals surface area contributed by atoms with Crippen LogP contribution in [0.4, 0.5) is 4.79 Å². The van der Waals surface area contributed by atoms with Gasteiger partial charge >= 0.3 is 6.03 Å². The molecule has 1 aliphatic heterocycles. The van der Waals surface area contributed by atoms with Gasteiger partial charge in [-0.2, -0.15) is 0 Å². The molecule has 1 aliphatic rings. The summed E-state index contributed by atoms with van der Waals surface area (Å²) in [5.74, 6) is 1.62. The lowest BCUT2D eigenvalue weighted by atomic mass is 9.91. The van der Waals surface area contributed by atoms with Crippen molar-refractivity contribution in [2.24, 2.45) is 5.92 Å². The summed E-state index contributed by atoms with van der Waals surface area (Å²) in [6.45, 7) is 9.07. The molecule has 1 heterocycles. The summed E-state index contributed by atoms with van der Waals surface area (Å²) < 4.78 is 11.2. The van der Waals surface area contributed by atoms with Gasteiger partial charge in [-0.05, 0) is 49.9 Å². The van der Waals surface area contributed by atoms with Crippen molar-refractivity contribution in [3.05, 3.63) is 24.3 Å². The Hall–Kier alpha value is -2.24. The van der Waals surface area contributed by atoms with Gasteiger partial charge in [-0.1, -0.05) is 20.8 Å². The van der Waals surface area contributed by atoms with Crippen molar-refractivity contribution in [1.82, 2.24) is 10.2 Å². The number of nitrogens with zero attached hydrogens (tertiary/aromatic N) is 1. The summed E-state index contributed by atoms with van der Waals surface area (Å²) >= 11 is 0. The Labute approximate surface area is 149 Å². The number of nitrogens with one attached hydrogen (secondary N) is 1. The van der Waals surface area contributed by atoms with Crippen LogP contribution in [0.25, 0.3) is 0 Å². The van der Waals surface area contributed by atoms with Crippen molar-refractivity contribution in [3.8, 4) is 11.5 Å². The Balaban J connectivity index is 1.85. The van der Waals surface area contributed by atoms with E-state index in [-0.39, 0.29) is 25.1 Å². The number of benzene rings is 1. The number of hydrogen-bond donors (Lipinski definition) is 1. The molecule has 0 bridgehead atoms. The molecule has 1 N–H and O–H groups in total. The molecule has 25 heavy (non-hydrogen) atoms. The van der Waals surface area contributed by atoms with E-state index < -0.39 is 5.54 Å². The number of carbonyl (C=O) groups is 2. The zero-order valence-electron chi connectivity index (χ0n) is 15.5. The quantitative estimate of drug-likeness (QED) is 0.696. The van der Waals surface area contributed by atoms with Gasteiger partial charge in [-0.3, -0.25) is 9.69 Å². The Morgan fingerprint density at radius 3 is 2.16 bits per heavy atom. The second kappa shape index (κ2) is 8.23. The summed E-state index contributed by atoms with van der Waals surface area (Å²) in [5.41, 5.74) is -0.816. The first-order valence-corrected chi connectivity index (χ1v) is 8.85. The molecule has 2 rings (SSSR count). The van der Waals surface area contributed by atoms with E-state index in [1.165, 1.54) is 4.90 Å². The average molecular weight is 348 g/mol. The molecule has 6 heteroatoms. The van der Waals surface area contributed by atoms with Crippen molar-refractivity contribution in [1.29, 1.82) is 0 Å². The van der Waals surface area contributed by atoms with Crippen LogP contribution >= 0.6 is 0 Å². The highest BCUT2D eigenvalue weighted by Gasteiger charge is 2.47. The number of rotatable bonds is 9. The molecule has 0 radical (unpaired) electrons. The number of carbonyl (C=O) groups excluding carboxylic acids is 2. The third-order valence-electron chi connectivity index (χ3n) is 4.04. The summed E-state index contributed by atoms with van der Waals surface area (Å²) in [6, 6.07) is 6.98. The minimum absolute atomic E-state index is 0.182. The number of ether oxygens (including phenoxy) is 2. The summed E-state index contributed by atoms with van der Waals surface area (Å²) in [4.78, 5) is 25.9. The number of amides is 3. The zero-order valence-corrected chi connectivity index (χ0v) is 15.5. The molecule has 6 nitrogen and oxygen atoms in total. The van der Waals surface area contributed by atoms with Crippen LogP contribution in [-0.2, 0) is 4.79 Å². The minimum atomic E-state index is -0.816. The van der Waals surface area contributed by atoms with E-state index in [9.17, 15) is 9.59 Å². The number of urea groups is 1. The van der Waals surface area contributed by atoms with Gasteiger partial charge in [0, 0.05) is 0 Å². The van der Waals surface area contributed by atoms with E-state index in [0.29, 0.717) is 24.7 Å². The number of imide groups is 1. The van der Waals surface area contributed by atoms with Gasteiger partial charge in [-0.15, -0.1) is 0 Å². The highest BCUT2D eigenvalue weighted by molar-refractivity contribution is 6.06. The molecule has 1 aromatic carbocycles. The van der Waals surface area contributed by atoms with Crippen molar-refractivity contribution in [3.63, 3.8) is 0 Å². The van der Waals surface area contributed by atoms with Crippen LogP contribution < -0.4 is 14.8 Å². The fourth-order valence-corrected chi connectivity index (χ4v) is 3.01. The molecule has 138 valence electrons. The van der Waals surface area contributed by atoms with Crippen molar-refractivity contribution >= 4 is 11.9 Å². The Morgan fingerprint density at radius 1 is 1.08 bits per heavy atom. The van der Waals surface area contributed by atoms with Crippen molar-refractivity contribution in [2.45, 2.75) is 46.1 Å². The van der Waals surface area contributed by atoms with E-state index in [1.807, 2.05) is 38.1 Å². The van der Waals surface area contributed by atoms with Crippen LogP contribution in [0.3, 0.4) is 0 Å². The van der Waals surface area contributed by atoms with Crippen LogP contribution in [0, 0.1) is 5.92 Å². The molecule has 1 atom stereocenters. The zero-order chi connectivity index (χ0) is 18.4. The first-order chi connectivity index (χ1) is 11.9. The molecule has 1 aromatic rings. The highest BCUT2D eigenvalue weighted by atomic mass is 16.5. The fraction of sp³-hybridized carbons (Fsp3) is 0.579. The molecule has 0 aromatic heterocycles. The van der Waals surface area contributed by atoms with Gasteiger partial charge < -0.3 is 14.8 Å². The summed E-state index contributed by atoms with van der Waals surface area (Å²) in [6.07, 6.45) is 1.58. The standard InChI is InChI=1S/C19H28N2O4/c1-5-11-24-15-6-8-16(9-7-15)25-12-10-21-17(22)19(4,13-14(2)3)20-18(21)23/h6-9,14H,5,10-13H2,1-4H3,(H,20,23). The molecule has 1 fully saturated rings. The van der Waals surface area contributed by atoms with E-state index >= 15 is 0 Å². The SMILES string of the molecule is CCCOc1ccc(OCCN2C(=O)NC(C)(CC(C)C)C2=O)cc1. The molecular weight excluding hydrogens is 320 g/mol. The predicted molar refractivity (Wildman–Crippen MR) is 95.8 cm³/mol. The first kappa shape index (κ1) is 19.1. The second-order valence-electron chi connectivity index (χ2n) is 6.99. The molecule has 0 aliphatic carbocycles. The van der Waals surface area contributed by atoms with Gasteiger partial charge in [0.15, 0.2) is 0 Å². The molecule has 1 saturated heterocycles. The maximum Gasteiger partial charge on any atom is 0.325 e. The molecule has 3 amide bonds. The third-order valence-corrected chi connectivity index (χ3v) is 4.04. The monoisotopic (exact) mass is 348 g/mol. The lowest BCUT2D eigenvalue weighted by Crippen LogP contribution is -2.45. The van der Waals surface area contributed by atoms with Crippen LogP contribution in [0.15, 0.2) is 24.3 Å². The third kappa shape index (κ3) is 4.87. The molecule has 1 unspecified atom stereocenters. The van der Waals surface area contributed by atoms with E-state index in [4.69, 9.17) is 9.47 Å². The Kier molecular flexibility index (Phi) is 6.28. The Morgan fingerprint density at radius 2 is 1.64 bits per heavy atom. The predicted octanol–water partition coefficient (Wildman–Crippen LogP) is 3.21. The van der Waals surface area contributed by atoms with E-state index in [2.05, 4.69) is 12.2 Å². The van der Waals surface area contributed by atoms with Crippen LogP contribution in [0.1, 0.15) is 40.5 Å². The smallest absolute Gasteiger partial charge is 0.325 e. The van der Waals surface area contributed by atoms with Crippen molar-refractivity contribution in [2.75, 3.05) is 19.8 Å². The van der Waals surface area contributed by atoms with E-state index in [0.717, 1.165) is 12.2 Å². The normalized spacial score (nSPS) is 20.1. The molecule has 0 saturated carbocycles. The average Bonchev–Trinajstić information content (AvgIpc) is 2.76. The van der Waals surface area contributed by atoms with Crippen LogP contribution in [-0.4, -0.2) is 42.1 Å².